The van der Waals surface area contributed by atoms with Crippen LogP contribution in [0.25, 0.3) is 11.1 Å². The van der Waals surface area contributed by atoms with Crippen LogP contribution in [0.2, 0.25) is 0 Å². The van der Waals surface area contributed by atoms with Gasteiger partial charge in [-0.05, 0) is 62.3 Å². The van der Waals surface area contributed by atoms with Crippen molar-refractivity contribution in [3.05, 3.63) is 59.7 Å². The number of rotatable bonds is 6. The van der Waals surface area contributed by atoms with Crippen molar-refractivity contribution in [3.8, 4) is 11.1 Å². The van der Waals surface area contributed by atoms with E-state index in [0.717, 1.165) is 0 Å². The van der Waals surface area contributed by atoms with Crippen LogP contribution in [0.5, 0.6) is 0 Å². The number of hydrogen-bond donors (Lipinski definition) is 1. The van der Waals surface area contributed by atoms with Crippen LogP contribution in [0.3, 0.4) is 0 Å². The van der Waals surface area contributed by atoms with Gasteiger partial charge in [-0.15, -0.1) is 0 Å². The second-order valence-electron chi connectivity index (χ2n) is 8.79. The third kappa shape index (κ3) is 4.75. The normalized spacial score (nSPS) is 15.8. The highest BCUT2D eigenvalue weighted by Crippen LogP contribution is 2.39. The molecule has 3 rings (SSSR count). The van der Waals surface area contributed by atoms with Crippen LogP contribution in [0.1, 0.15) is 51.2 Å². The first kappa shape index (κ1) is 22.1. The average molecular weight is 407 g/mol. The molecule has 4 heteroatoms. The van der Waals surface area contributed by atoms with Crippen molar-refractivity contribution in [3.63, 3.8) is 0 Å². The Morgan fingerprint density at radius 3 is 2.20 bits per heavy atom. The van der Waals surface area contributed by atoms with Crippen LogP contribution in [-0.2, 0) is 16.0 Å². The molecule has 1 heterocycles. The molecule has 160 valence electrons. The fourth-order valence-corrected chi connectivity index (χ4v) is 4.48. The summed E-state index contributed by atoms with van der Waals surface area (Å²) in [5.41, 5.74) is 4.34. The summed E-state index contributed by atoms with van der Waals surface area (Å²) in [6.07, 6.45) is 2.59. The fraction of sp³-hybridized carbons (Fsp3) is 0.462. The van der Waals surface area contributed by atoms with E-state index in [1.165, 1.54) is 22.3 Å². The molecular weight excluding hydrogens is 372 g/mol. The Kier molecular flexibility index (Phi) is 6.96. The van der Waals surface area contributed by atoms with Gasteiger partial charge in [0.15, 0.2) is 0 Å². The van der Waals surface area contributed by atoms with Gasteiger partial charge in [-0.3, -0.25) is 9.59 Å². The van der Waals surface area contributed by atoms with Crippen LogP contribution in [0, 0.1) is 12.3 Å². The molecule has 0 unspecified atom stereocenters. The lowest BCUT2D eigenvalue weighted by molar-refractivity contribution is -0.140. The molecule has 1 aliphatic heterocycles. The summed E-state index contributed by atoms with van der Waals surface area (Å²) in [7, 11) is 0. The molecule has 30 heavy (non-hydrogen) atoms. The molecule has 1 saturated heterocycles. The third-order valence-corrected chi connectivity index (χ3v) is 6.26. The van der Waals surface area contributed by atoms with Crippen LogP contribution in [0.4, 0.5) is 0 Å². The molecule has 1 N–H and O–H groups in total. The maximum Gasteiger partial charge on any atom is 0.226 e. The Bertz CT molecular complexity index is 895. The number of benzene rings is 2. The van der Waals surface area contributed by atoms with E-state index in [9.17, 15) is 9.59 Å². The molecule has 0 atom stereocenters. The minimum atomic E-state index is -0.492. The molecule has 0 radical (unpaired) electrons. The van der Waals surface area contributed by atoms with Gasteiger partial charge in [-0.1, -0.05) is 55.5 Å². The highest BCUT2D eigenvalue weighted by Gasteiger charge is 2.42. The number of nitrogens with zero attached hydrogens (tertiary/aromatic N) is 1. The van der Waals surface area contributed by atoms with Gasteiger partial charge < -0.3 is 10.2 Å². The summed E-state index contributed by atoms with van der Waals surface area (Å²) < 4.78 is 0. The van der Waals surface area contributed by atoms with Crippen LogP contribution >= 0.6 is 0 Å². The van der Waals surface area contributed by atoms with Gasteiger partial charge in [0.2, 0.25) is 11.8 Å². The zero-order chi connectivity index (χ0) is 21.7. The van der Waals surface area contributed by atoms with E-state index >= 15 is 0 Å². The minimum absolute atomic E-state index is 0.0938. The second kappa shape index (κ2) is 9.46. The monoisotopic (exact) mass is 406 g/mol. The quantitative estimate of drug-likeness (QED) is 0.753. The van der Waals surface area contributed by atoms with Crippen molar-refractivity contribution >= 4 is 11.8 Å². The molecule has 1 fully saturated rings. The molecule has 0 spiro atoms. The number of hydrogen-bond acceptors (Lipinski definition) is 2. The molecule has 0 aliphatic carbocycles. The van der Waals surface area contributed by atoms with Crippen molar-refractivity contribution in [2.45, 2.75) is 59.4 Å². The smallest absolute Gasteiger partial charge is 0.226 e. The Labute approximate surface area is 180 Å². The Balaban J connectivity index is 1.95. The van der Waals surface area contributed by atoms with Crippen molar-refractivity contribution in [2.24, 2.45) is 5.41 Å². The molecule has 2 aromatic rings. The van der Waals surface area contributed by atoms with Crippen LogP contribution in [0.15, 0.2) is 48.5 Å². The number of carbonyl (C=O) groups excluding carboxylic acids is 2. The molecule has 4 nitrogen and oxygen atoms in total. The Morgan fingerprint density at radius 1 is 1.00 bits per heavy atom. The zero-order valence-electron chi connectivity index (χ0n) is 18.7. The lowest BCUT2D eigenvalue weighted by Gasteiger charge is -2.41. The number of piperidine rings is 1. The van der Waals surface area contributed by atoms with Crippen molar-refractivity contribution in [1.82, 2.24) is 10.2 Å². The van der Waals surface area contributed by atoms with Gasteiger partial charge in [0.05, 0.1) is 5.41 Å². The Morgan fingerprint density at radius 2 is 1.60 bits per heavy atom. The van der Waals surface area contributed by atoms with Crippen molar-refractivity contribution < 1.29 is 9.59 Å². The summed E-state index contributed by atoms with van der Waals surface area (Å²) in [5, 5.41) is 3.16. The highest BCUT2D eigenvalue weighted by molar-refractivity contribution is 5.84. The highest BCUT2D eigenvalue weighted by atomic mass is 16.2. The second-order valence-corrected chi connectivity index (χ2v) is 8.79. The SMILES string of the molecule is CCC(=O)N1CCC(Cc2ccccc2-c2ccccc2C)(C(=O)NC(C)C)CC1. The number of likely N-dealkylation sites (tertiary alicyclic amines) is 1. The van der Waals surface area contributed by atoms with E-state index in [1.807, 2.05) is 25.7 Å². The van der Waals surface area contributed by atoms with E-state index in [-0.39, 0.29) is 17.9 Å². The molecule has 2 aromatic carbocycles. The summed E-state index contributed by atoms with van der Waals surface area (Å²) in [4.78, 5) is 27.5. The summed E-state index contributed by atoms with van der Waals surface area (Å²) in [5.74, 6) is 0.286. The van der Waals surface area contributed by atoms with E-state index in [0.29, 0.717) is 38.8 Å². The number of nitrogens with one attached hydrogen (secondary N) is 1. The van der Waals surface area contributed by atoms with Gasteiger partial charge in [0.25, 0.3) is 0 Å². The topological polar surface area (TPSA) is 49.4 Å². The number of aryl methyl sites for hydroxylation is 1. The first-order chi connectivity index (χ1) is 14.4. The summed E-state index contributed by atoms with van der Waals surface area (Å²) in [6, 6.07) is 16.9. The van der Waals surface area contributed by atoms with E-state index in [2.05, 4.69) is 60.8 Å². The van der Waals surface area contributed by atoms with Crippen molar-refractivity contribution in [1.29, 1.82) is 0 Å². The standard InChI is InChI=1S/C26H34N2O2/c1-5-24(29)28-16-14-26(15-17-28,25(30)27-19(2)3)18-21-11-7-9-13-23(21)22-12-8-6-10-20(22)4/h6-13,19H,5,14-18H2,1-4H3,(H,27,30). The fourth-order valence-electron chi connectivity index (χ4n) is 4.48. The predicted molar refractivity (Wildman–Crippen MR) is 122 cm³/mol. The van der Waals surface area contributed by atoms with Gasteiger partial charge in [0, 0.05) is 25.6 Å². The van der Waals surface area contributed by atoms with Crippen molar-refractivity contribution in [2.75, 3.05) is 13.1 Å². The summed E-state index contributed by atoms with van der Waals surface area (Å²) in [6.45, 7) is 9.32. The van der Waals surface area contributed by atoms with Crippen LogP contribution in [-0.4, -0.2) is 35.8 Å². The number of amides is 2. The first-order valence-corrected chi connectivity index (χ1v) is 11.1. The largest absolute Gasteiger partial charge is 0.353 e. The molecule has 0 saturated carbocycles. The summed E-state index contributed by atoms with van der Waals surface area (Å²) >= 11 is 0. The molecule has 2 amide bonds. The van der Waals surface area contributed by atoms with Crippen LogP contribution < -0.4 is 5.32 Å². The molecule has 1 aliphatic rings. The molecule has 0 bridgehead atoms. The van der Waals surface area contributed by atoms with Gasteiger partial charge >= 0.3 is 0 Å². The maximum absolute atomic E-state index is 13.4. The first-order valence-electron chi connectivity index (χ1n) is 11.1. The maximum atomic E-state index is 13.4. The third-order valence-electron chi connectivity index (χ3n) is 6.26. The van der Waals surface area contributed by atoms with E-state index in [4.69, 9.17) is 0 Å². The zero-order valence-corrected chi connectivity index (χ0v) is 18.7. The Hall–Kier alpha value is -2.62. The van der Waals surface area contributed by atoms with E-state index in [1.54, 1.807) is 0 Å². The molecule has 0 aromatic heterocycles. The van der Waals surface area contributed by atoms with Gasteiger partial charge in [0.1, 0.15) is 0 Å². The van der Waals surface area contributed by atoms with Gasteiger partial charge in [-0.2, -0.15) is 0 Å². The number of carbonyl (C=O) groups is 2. The molecular formula is C26H34N2O2. The lowest BCUT2D eigenvalue weighted by Crippen LogP contribution is -2.52. The average Bonchev–Trinajstić information content (AvgIpc) is 2.74. The van der Waals surface area contributed by atoms with Gasteiger partial charge in [-0.25, -0.2) is 0 Å². The van der Waals surface area contributed by atoms with E-state index < -0.39 is 5.41 Å². The predicted octanol–water partition coefficient (Wildman–Crippen LogP) is 4.75. The lowest BCUT2D eigenvalue weighted by atomic mass is 9.71. The minimum Gasteiger partial charge on any atom is -0.353 e.